The topological polar surface area (TPSA) is 68.3 Å². The van der Waals surface area contributed by atoms with Crippen LogP contribution in [0.25, 0.3) is 0 Å². The summed E-state index contributed by atoms with van der Waals surface area (Å²) in [5.41, 5.74) is 0.886. The molecule has 0 aliphatic rings. The molecule has 0 radical (unpaired) electrons. The van der Waals surface area contributed by atoms with E-state index in [1.54, 1.807) is 6.92 Å². The predicted octanol–water partition coefficient (Wildman–Crippen LogP) is 1.82. The lowest BCUT2D eigenvalue weighted by atomic mass is 10.2. The molecule has 0 fully saturated rings. The SMILES string of the molecule is CCOC(=O)CCc1csc(NCCS(=O)CC)n1. The Bertz CT molecular complexity index is 421. The average Bonchev–Trinajstić information content (AvgIpc) is 2.84. The molecule has 1 rings (SSSR count). The highest BCUT2D eigenvalue weighted by atomic mass is 32.2. The minimum atomic E-state index is -0.753. The Morgan fingerprint density at radius 1 is 1.53 bits per heavy atom. The molecule has 1 N–H and O–H groups in total. The van der Waals surface area contributed by atoms with Gasteiger partial charge in [0.25, 0.3) is 0 Å². The number of aromatic nitrogens is 1. The van der Waals surface area contributed by atoms with Crippen LogP contribution in [0.4, 0.5) is 5.13 Å². The van der Waals surface area contributed by atoms with Crippen LogP contribution in [-0.2, 0) is 26.8 Å². The van der Waals surface area contributed by atoms with Gasteiger partial charge in [0.05, 0.1) is 18.7 Å². The van der Waals surface area contributed by atoms with E-state index in [0.717, 1.165) is 10.8 Å². The van der Waals surface area contributed by atoms with Gasteiger partial charge in [-0.2, -0.15) is 0 Å². The van der Waals surface area contributed by atoms with Crippen LogP contribution in [0.2, 0.25) is 0 Å². The van der Waals surface area contributed by atoms with Crippen LogP contribution in [0.3, 0.4) is 0 Å². The van der Waals surface area contributed by atoms with Gasteiger partial charge < -0.3 is 10.1 Å². The van der Waals surface area contributed by atoms with E-state index in [2.05, 4.69) is 10.3 Å². The summed E-state index contributed by atoms with van der Waals surface area (Å²) in [5.74, 6) is 1.13. The zero-order valence-corrected chi connectivity index (χ0v) is 12.9. The Hall–Kier alpha value is -0.950. The third-order valence-corrected chi connectivity index (χ3v) is 4.52. The van der Waals surface area contributed by atoms with Crippen molar-refractivity contribution < 1.29 is 13.7 Å². The molecule has 108 valence electrons. The van der Waals surface area contributed by atoms with Crippen LogP contribution in [0.1, 0.15) is 26.0 Å². The fraction of sp³-hybridized carbons (Fsp3) is 0.667. The maximum atomic E-state index is 11.2. The van der Waals surface area contributed by atoms with Gasteiger partial charge >= 0.3 is 5.97 Å². The number of nitrogens with zero attached hydrogens (tertiary/aromatic N) is 1. The van der Waals surface area contributed by atoms with Crippen LogP contribution < -0.4 is 5.32 Å². The number of ether oxygens (including phenoxy) is 1. The molecule has 1 aromatic heterocycles. The molecule has 0 bridgehead atoms. The first-order chi connectivity index (χ1) is 9.15. The summed E-state index contributed by atoms with van der Waals surface area (Å²) in [4.78, 5) is 15.6. The van der Waals surface area contributed by atoms with Crippen LogP contribution in [0.15, 0.2) is 5.38 Å². The molecule has 5 nitrogen and oxygen atoms in total. The highest BCUT2D eigenvalue weighted by Crippen LogP contribution is 2.16. The number of esters is 1. The van der Waals surface area contributed by atoms with E-state index >= 15 is 0 Å². The van der Waals surface area contributed by atoms with Gasteiger partial charge in [0, 0.05) is 40.7 Å². The van der Waals surface area contributed by atoms with Crippen molar-refractivity contribution in [2.45, 2.75) is 26.7 Å². The van der Waals surface area contributed by atoms with E-state index in [-0.39, 0.29) is 5.97 Å². The zero-order chi connectivity index (χ0) is 14.1. The van der Waals surface area contributed by atoms with Crippen molar-refractivity contribution in [2.75, 3.05) is 30.0 Å². The molecule has 0 spiro atoms. The third kappa shape index (κ3) is 6.68. The molecule has 19 heavy (non-hydrogen) atoms. The molecule has 0 aromatic carbocycles. The van der Waals surface area contributed by atoms with Crippen molar-refractivity contribution in [1.82, 2.24) is 4.98 Å². The molecular weight excluding hydrogens is 284 g/mol. The van der Waals surface area contributed by atoms with Gasteiger partial charge in [0.2, 0.25) is 0 Å². The number of rotatable bonds is 9. The number of nitrogens with one attached hydrogen (secondary N) is 1. The van der Waals surface area contributed by atoms with Gasteiger partial charge in [-0.25, -0.2) is 4.98 Å². The Labute approximate surface area is 120 Å². The number of thiazole rings is 1. The first kappa shape index (κ1) is 16.1. The summed E-state index contributed by atoms with van der Waals surface area (Å²) in [6, 6.07) is 0. The molecule has 1 unspecified atom stereocenters. The predicted molar refractivity (Wildman–Crippen MR) is 79.1 cm³/mol. The third-order valence-electron chi connectivity index (χ3n) is 2.37. The van der Waals surface area contributed by atoms with E-state index < -0.39 is 10.8 Å². The summed E-state index contributed by atoms with van der Waals surface area (Å²) in [6.45, 7) is 4.78. The van der Waals surface area contributed by atoms with Crippen molar-refractivity contribution in [2.24, 2.45) is 0 Å². The summed E-state index contributed by atoms with van der Waals surface area (Å²) in [5, 5.41) is 5.88. The number of carbonyl (C=O) groups is 1. The Balaban J connectivity index is 2.28. The maximum absolute atomic E-state index is 11.2. The molecule has 7 heteroatoms. The molecular formula is C12H20N2O3S2. The quantitative estimate of drug-likeness (QED) is 0.705. The monoisotopic (exact) mass is 304 g/mol. The minimum Gasteiger partial charge on any atom is -0.466 e. The maximum Gasteiger partial charge on any atom is 0.306 e. The van der Waals surface area contributed by atoms with Crippen molar-refractivity contribution >= 4 is 33.2 Å². The zero-order valence-electron chi connectivity index (χ0n) is 11.3. The molecule has 1 heterocycles. The second-order valence-electron chi connectivity index (χ2n) is 3.81. The van der Waals surface area contributed by atoms with E-state index in [9.17, 15) is 9.00 Å². The van der Waals surface area contributed by atoms with Gasteiger partial charge in [-0.15, -0.1) is 11.3 Å². The highest BCUT2D eigenvalue weighted by Gasteiger charge is 2.06. The molecule has 1 atom stereocenters. The smallest absolute Gasteiger partial charge is 0.306 e. The first-order valence-electron chi connectivity index (χ1n) is 6.34. The summed E-state index contributed by atoms with van der Waals surface area (Å²) in [6.07, 6.45) is 0.953. The van der Waals surface area contributed by atoms with Crippen molar-refractivity contribution in [3.8, 4) is 0 Å². The molecule has 0 saturated carbocycles. The van der Waals surface area contributed by atoms with E-state index in [1.165, 1.54) is 11.3 Å². The van der Waals surface area contributed by atoms with Gasteiger partial charge in [0.15, 0.2) is 5.13 Å². The van der Waals surface area contributed by atoms with Crippen molar-refractivity contribution in [3.05, 3.63) is 11.1 Å². The van der Waals surface area contributed by atoms with E-state index in [1.807, 2.05) is 12.3 Å². The second kappa shape index (κ2) is 9.03. The Kier molecular flexibility index (Phi) is 7.66. The molecule has 0 aliphatic carbocycles. The normalized spacial score (nSPS) is 12.1. The van der Waals surface area contributed by atoms with Gasteiger partial charge in [-0.1, -0.05) is 6.92 Å². The summed E-state index contributed by atoms with van der Waals surface area (Å²) < 4.78 is 16.1. The fourth-order valence-corrected chi connectivity index (χ4v) is 2.77. The van der Waals surface area contributed by atoms with Crippen molar-refractivity contribution in [1.29, 1.82) is 0 Å². The standard InChI is InChI=1S/C12H20N2O3S2/c1-3-17-11(15)6-5-10-9-18-12(14-10)13-7-8-19(16)4-2/h9H,3-8H2,1-2H3,(H,13,14). The summed E-state index contributed by atoms with van der Waals surface area (Å²) >= 11 is 1.50. The molecule has 0 aliphatic heterocycles. The minimum absolute atomic E-state index is 0.191. The Morgan fingerprint density at radius 3 is 3.00 bits per heavy atom. The lowest BCUT2D eigenvalue weighted by Gasteiger charge is -2.01. The van der Waals surface area contributed by atoms with Gasteiger partial charge in [-0.3, -0.25) is 9.00 Å². The average molecular weight is 304 g/mol. The van der Waals surface area contributed by atoms with Crippen molar-refractivity contribution in [3.63, 3.8) is 0 Å². The van der Waals surface area contributed by atoms with Crippen LogP contribution in [0.5, 0.6) is 0 Å². The number of hydrogen-bond acceptors (Lipinski definition) is 6. The molecule has 1 aromatic rings. The summed E-state index contributed by atoms with van der Waals surface area (Å²) in [7, 11) is -0.753. The van der Waals surface area contributed by atoms with Crippen LogP contribution >= 0.6 is 11.3 Å². The number of hydrogen-bond donors (Lipinski definition) is 1. The van der Waals surface area contributed by atoms with E-state index in [0.29, 0.717) is 37.5 Å². The number of anilines is 1. The Morgan fingerprint density at radius 2 is 2.32 bits per heavy atom. The highest BCUT2D eigenvalue weighted by molar-refractivity contribution is 7.84. The van der Waals surface area contributed by atoms with Crippen LogP contribution in [-0.4, -0.2) is 39.8 Å². The molecule has 0 amide bonds. The molecule has 0 saturated heterocycles. The first-order valence-corrected chi connectivity index (χ1v) is 8.71. The van der Waals surface area contributed by atoms with Gasteiger partial charge in [-0.05, 0) is 6.92 Å². The van der Waals surface area contributed by atoms with Crippen LogP contribution in [0, 0.1) is 0 Å². The number of aryl methyl sites for hydroxylation is 1. The number of carbonyl (C=O) groups excluding carboxylic acids is 1. The largest absolute Gasteiger partial charge is 0.466 e. The second-order valence-corrected chi connectivity index (χ2v) is 6.53. The fourth-order valence-electron chi connectivity index (χ4n) is 1.38. The van der Waals surface area contributed by atoms with E-state index in [4.69, 9.17) is 4.74 Å². The van der Waals surface area contributed by atoms with Gasteiger partial charge in [0.1, 0.15) is 0 Å². The lowest BCUT2D eigenvalue weighted by molar-refractivity contribution is -0.143. The lowest BCUT2D eigenvalue weighted by Crippen LogP contribution is -2.11.